The number of nitriles is 1. The van der Waals surface area contributed by atoms with Crippen molar-refractivity contribution in [2.24, 2.45) is 0 Å². The number of ether oxygens (including phenoxy) is 1. The van der Waals surface area contributed by atoms with E-state index in [0.717, 1.165) is 37.9 Å². The molecule has 0 spiro atoms. The van der Waals surface area contributed by atoms with Crippen molar-refractivity contribution in [1.82, 2.24) is 19.5 Å². The zero-order valence-electron chi connectivity index (χ0n) is 18.9. The molecule has 0 unspecified atom stereocenters. The highest BCUT2D eigenvalue weighted by molar-refractivity contribution is 7.89. The highest BCUT2D eigenvalue weighted by Crippen LogP contribution is 2.27. The minimum atomic E-state index is -3.55. The van der Waals surface area contributed by atoms with E-state index in [9.17, 15) is 18.5 Å². The number of carbonyl (C=O) groups excluding carboxylic acids is 1. The highest BCUT2D eigenvalue weighted by Gasteiger charge is 2.34. The summed E-state index contributed by atoms with van der Waals surface area (Å²) < 4.78 is 32.2. The van der Waals surface area contributed by atoms with Crippen molar-refractivity contribution in [2.45, 2.75) is 42.5 Å². The summed E-state index contributed by atoms with van der Waals surface area (Å²) in [5, 5.41) is 12.5. The van der Waals surface area contributed by atoms with Gasteiger partial charge in [0.25, 0.3) is 0 Å². The fourth-order valence-corrected chi connectivity index (χ4v) is 6.07. The monoisotopic (exact) mass is 476 g/mol. The van der Waals surface area contributed by atoms with Gasteiger partial charge in [0.15, 0.2) is 0 Å². The number of rotatable bonds is 6. The second kappa shape index (κ2) is 10.3. The zero-order valence-corrected chi connectivity index (χ0v) is 19.7. The molecule has 1 aliphatic carbocycles. The third kappa shape index (κ3) is 5.63. The average Bonchev–Trinajstić information content (AvgIpc) is 2.85. The van der Waals surface area contributed by atoms with E-state index in [1.807, 2.05) is 0 Å². The molecule has 1 aromatic rings. The Morgan fingerprint density at radius 2 is 1.79 bits per heavy atom. The number of sulfonamides is 1. The normalized spacial score (nSPS) is 22.5. The van der Waals surface area contributed by atoms with E-state index in [0.29, 0.717) is 52.5 Å². The molecular weight excluding hydrogens is 444 g/mol. The van der Waals surface area contributed by atoms with Crippen molar-refractivity contribution in [1.29, 1.82) is 5.26 Å². The number of amides is 1. The van der Waals surface area contributed by atoms with Gasteiger partial charge in [0, 0.05) is 45.5 Å². The van der Waals surface area contributed by atoms with Crippen LogP contribution in [0.5, 0.6) is 0 Å². The van der Waals surface area contributed by atoms with Crippen LogP contribution in [0.2, 0.25) is 0 Å². The molecule has 4 rings (SSSR count). The molecule has 2 saturated heterocycles. The minimum Gasteiger partial charge on any atom is -0.379 e. The van der Waals surface area contributed by atoms with Crippen LogP contribution in [-0.2, 0) is 19.6 Å². The Labute approximate surface area is 195 Å². The number of nitrogens with zero attached hydrogens (tertiary/aromatic N) is 5. The molecular formula is C22H32N6O4S. The molecule has 180 valence electrons. The van der Waals surface area contributed by atoms with E-state index < -0.39 is 15.6 Å². The Morgan fingerprint density at radius 1 is 1.09 bits per heavy atom. The first-order valence-corrected chi connectivity index (χ1v) is 13.1. The molecule has 33 heavy (non-hydrogen) atoms. The van der Waals surface area contributed by atoms with Gasteiger partial charge in [-0.15, -0.1) is 0 Å². The van der Waals surface area contributed by atoms with Crippen LogP contribution in [0.15, 0.2) is 23.2 Å². The van der Waals surface area contributed by atoms with Gasteiger partial charge < -0.3 is 15.0 Å². The van der Waals surface area contributed by atoms with Crippen LogP contribution in [0.4, 0.5) is 5.82 Å². The maximum atomic E-state index is 12.8. The van der Waals surface area contributed by atoms with E-state index in [1.165, 1.54) is 10.5 Å². The summed E-state index contributed by atoms with van der Waals surface area (Å²) >= 11 is 0. The number of piperazine rings is 1. The van der Waals surface area contributed by atoms with E-state index in [-0.39, 0.29) is 17.3 Å². The van der Waals surface area contributed by atoms with Crippen LogP contribution in [-0.4, -0.2) is 93.1 Å². The molecule has 1 amide bonds. The highest BCUT2D eigenvalue weighted by atomic mass is 32.2. The van der Waals surface area contributed by atoms with Gasteiger partial charge in [-0.2, -0.15) is 9.57 Å². The summed E-state index contributed by atoms with van der Waals surface area (Å²) in [5.74, 6) is 0.633. The number of pyridine rings is 1. The van der Waals surface area contributed by atoms with E-state index in [2.05, 4.69) is 26.2 Å². The van der Waals surface area contributed by atoms with Crippen molar-refractivity contribution in [3.8, 4) is 6.07 Å². The van der Waals surface area contributed by atoms with Crippen molar-refractivity contribution in [3.63, 3.8) is 0 Å². The predicted octanol–water partition coefficient (Wildman–Crippen LogP) is 0.567. The summed E-state index contributed by atoms with van der Waals surface area (Å²) in [6, 6.07) is 5.69. The smallest absolute Gasteiger partial charge is 0.244 e. The van der Waals surface area contributed by atoms with Gasteiger partial charge in [0.05, 0.1) is 25.8 Å². The summed E-state index contributed by atoms with van der Waals surface area (Å²) in [4.78, 5) is 21.3. The molecule has 3 aliphatic rings. The molecule has 3 fully saturated rings. The quantitative estimate of drug-likeness (QED) is 0.633. The number of nitrogens with one attached hydrogen (secondary N) is 1. The Bertz CT molecular complexity index is 958. The number of hydrogen-bond donors (Lipinski definition) is 1. The Hall–Kier alpha value is -2.26. The molecule has 1 aromatic heterocycles. The maximum Gasteiger partial charge on any atom is 0.244 e. The lowest BCUT2D eigenvalue weighted by atomic mass is 9.83. The van der Waals surface area contributed by atoms with Gasteiger partial charge in [-0.3, -0.25) is 9.69 Å². The molecule has 0 aromatic carbocycles. The lowest BCUT2D eigenvalue weighted by Gasteiger charge is -2.36. The fraction of sp³-hybridized carbons (Fsp3) is 0.682. The van der Waals surface area contributed by atoms with Gasteiger partial charge in [-0.05, 0) is 25.0 Å². The molecule has 0 radical (unpaired) electrons. The summed E-state index contributed by atoms with van der Waals surface area (Å²) in [6.45, 7) is 4.59. The topological polar surface area (TPSA) is 119 Å². The summed E-state index contributed by atoms with van der Waals surface area (Å²) in [6.07, 6.45) is 5.96. The molecule has 1 N–H and O–H groups in total. The van der Waals surface area contributed by atoms with Crippen LogP contribution in [0.25, 0.3) is 0 Å². The average molecular weight is 477 g/mol. The van der Waals surface area contributed by atoms with E-state index in [4.69, 9.17) is 4.74 Å². The first-order valence-electron chi connectivity index (χ1n) is 11.7. The minimum absolute atomic E-state index is 0.0947. The Kier molecular flexibility index (Phi) is 7.48. The Morgan fingerprint density at radius 3 is 2.39 bits per heavy atom. The number of hydrogen-bond acceptors (Lipinski definition) is 8. The van der Waals surface area contributed by atoms with Crippen LogP contribution >= 0.6 is 0 Å². The van der Waals surface area contributed by atoms with Crippen molar-refractivity contribution < 1.29 is 17.9 Å². The third-order valence-electron chi connectivity index (χ3n) is 6.69. The number of carbonyl (C=O) groups is 1. The molecule has 0 atom stereocenters. The standard InChI is InChI=1S/C22H32N6O4S/c23-18-22(6-2-1-3-7-22)25-21(29)17-26-8-10-27(11-9-26)20-5-4-19(16-24-20)33(30,31)28-12-14-32-15-13-28/h4-5,16H,1-3,6-15,17H2,(H,25,29). The van der Waals surface area contributed by atoms with Crippen molar-refractivity contribution in [2.75, 3.05) is 63.9 Å². The van der Waals surface area contributed by atoms with Gasteiger partial charge in [0.1, 0.15) is 16.3 Å². The molecule has 10 nitrogen and oxygen atoms in total. The van der Waals surface area contributed by atoms with Gasteiger partial charge in [-0.25, -0.2) is 13.4 Å². The third-order valence-corrected chi connectivity index (χ3v) is 8.57. The van der Waals surface area contributed by atoms with Crippen molar-refractivity contribution in [3.05, 3.63) is 18.3 Å². The second-order valence-electron chi connectivity index (χ2n) is 8.93. The largest absolute Gasteiger partial charge is 0.379 e. The number of morpholine rings is 1. The summed E-state index contributed by atoms with van der Waals surface area (Å²) in [5.41, 5.74) is -0.704. The van der Waals surface area contributed by atoms with Crippen LogP contribution < -0.4 is 10.2 Å². The van der Waals surface area contributed by atoms with E-state index >= 15 is 0 Å². The van der Waals surface area contributed by atoms with Crippen molar-refractivity contribution >= 4 is 21.7 Å². The number of anilines is 1. The lowest BCUT2D eigenvalue weighted by Crippen LogP contribution is -2.54. The molecule has 11 heteroatoms. The first kappa shape index (κ1) is 23.9. The SMILES string of the molecule is N#CC1(NC(=O)CN2CCN(c3ccc(S(=O)(=O)N4CCOCC4)cn3)CC2)CCCCC1. The maximum absolute atomic E-state index is 12.8. The van der Waals surface area contributed by atoms with Crippen LogP contribution in [0.1, 0.15) is 32.1 Å². The molecule has 3 heterocycles. The molecule has 0 bridgehead atoms. The predicted molar refractivity (Wildman–Crippen MR) is 122 cm³/mol. The summed E-state index contributed by atoms with van der Waals surface area (Å²) in [7, 11) is -3.55. The van der Waals surface area contributed by atoms with Crippen LogP contribution in [0, 0.1) is 11.3 Å². The van der Waals surface area contributed by atoms with Gasteiger partial charge in [-0.1, -0.05) is 19.3 Å². The van der Waals surface area contributed by atoms with E-state index in [1.54, 1.807) is 12.1 Å². The van der Waals surface area contributed by atoms with Gasteiger partial charge >= 0.3 is 0 Å². The second-order valence-corrected chi connectivity index (χ2v) is 10.9. The molecule has 1 saturated carbocycles. The first-order chi connectivity index (χ1) is 15.9. The van der Waals surface area contributed by atoms with Crippen LogP contribution in [0.3, 0.4) is 0 Å². The lowest BCUT2D eigenvalue weighted by molar-refractivity contribution is -0.124. The fourth-order valence-electron chi connectivity index (χ4n) is 4.71. The Balaban J connectivity index is 1.28. The zero-order chi connectivity index (χ0) is 23.3. The van der Waals surface area contributed by atoms with Gasteiger partial charge in [0.2, 0.25) is 15.9 Å². The number of aromatic nitrogens is 1. The molecule has 2 aliphatic heterocycles.